The zero-order chi connectivity index (χ0) is 14.7. The van der Waals surface area contributed by atoms with Crippen LogP contribution in [-0.4, -0.2) is 10.9 Å². The number of nitrogens with one attached hydrogen (secondary N) is 1. The molecule has 0 bridgehead atoms. The van der Waals surface area contributed by atoms with Gasteiger partial charge in [-0.15, -0.1) is 0 Å². The third-order valence-electron chi connectivity index (χ3n) is 3.30. The normalized spacial score (nSPS) is 11.9. The molecule has 0 spiro atoms. The van der Waals surface area contributed by atoms with Crippen LogP contribution in [0, 0.1) is 13.8 Å². The maximum atomic E-state index is 12.2. The summed E-state index contributed by atoms with van der Waals surface area (Å²) in [5.41, 5.74) is 9.85. The summed E-state index contributed by atoms with van der Waals surface area (Å²) in [4.78, 5) is 16.2. The van der Waals surface area contributed by atoms with Crippen LogP contribution in [-0.2, 0) is 0 Å². The first-order valence-electron chi connectivity index (χ1n) is 6.57. The van der Waals surface area contributed by atoms with E-state index >= 15 is 0 Å². The summed E-state index contributed by atoms with van der Waals surface area (Å²) in [7, 11) is 0. The number of nitrogens with two attached hydrogens (primary N) is 1. The Bertz CT molecular complexity index is 637. The van der Waals surface area contributed by atoms with Gasteiger partial charge in [-0.3, -0.25) is 4.79 Å². The van der Waals surface area contributed by atoms with E-state index in [-0.39, 0.29) is 17.6 Å². The number of aryl methyl sites for hydroxylation is 2. The summed E-state index contributed by atoms with van der Waals surface area (Å²) >= 11 is 0. The van der Waals surface area contributed by atoms with Crippen molar-refractivity contribution >= 4 is 11.6 Å². The molecule has 0 radical (unpaired) electrons. The van der Waals surface area contributed by atoms with E-state index in [1.807, 2.05) is 20.8 Å². The average Bonchev–Trinajstić information content (AvgIpc) is 2.41. The quantitative estimate of drug-likeness (QED) is 0.900. The minimum absolute atomic E-state index is 0.0937. The number of hydrogen-bond donors (Lipinski definition) is 2. The molecule has 1 aromatic heterocycles. The summed E-state index contributed by atoms with van der Waals surface area (Å²) in [6, 6.07) is 9.49. The van der Waals surface area contributed by atoms with Gasteiger partial charge in [-0.2, -0.15) is 0 Å². The first-order chi connectivity index (χ1) is 9.49. The lowest BCUT2D eigenvalue weighted by Gasteiger charge is -2.17. The Labute approximate surface area is 119 Å². The van der Waals surface area contributed by atoms with Crippen LogP contribution in [0.15, 0.2) is 36.5 Å². The number of rotatable bonds is 3. The van der Waals surface area contributed by atoms with Gasteiger partial charge in [0.15, 0.2) is 5.69 Å². The van der Waals surface area contributed by atoms with Gasteiger partial charge in [-0.1, -0.05) is 23.8 Å². The molecule has 1 unspecified atom stereocenters. The number of carbonyl (C=O) groups excluding carboxylic acids is 1. The van der Waals surface area contributed by atoms with Crippen molar-refractivity contribution in [2.45, 2.75) is 26.8 Å². The topological polar surface area (TPSA) is 68.0 Å². The highest BCUT2D eigenvalue weighted by Crippen LogP contribution is 2.19. The molecule has 3 N–H and O–H groups in total. The van der Waals surface area contributed by atoms with E-state index in [0.29, 0.717) is 5.69 Å². The summed E-state index contributed by atoms with van der Waals surface area (Å²) < 4.78 is 0. The molecule has 1 heterocycles. The number of benzene rings is 1. The fraction of sp³-hybridized carbons (Fsp3) is 0.250. The molecule has 20 heavy (non-hydrogen) atoms. The minimum atomic E-state index is -0.253. The van der Waals surface area contributed by atoms with Crippen LogP contribution in [0.1, 0.15) is 40.1 Å². The lowest BCUT2D eigenvalue weighted by Crippen LogP contribution is -2.28. The summed E-state index contributed by atoms with van der Waals surface area (Å²) in [6.07, 6.45) is 1.56. The van der Waals surface area contributed by atoms with Crippen molar-refractivity contribution in [3.8, 4) is 0 Å². The summed E-state index contributed by atoms with van der Waals surface area (Å²) in [6.45, 7) is 6.03. The van der Waals surface area contributed by atoms with Gasteiger partial charge in [0.25, 0.3) is 5.91 Å². The highest BCUT2D eigenvalue weighted by Gasteiger charge is 2.16. The van der Waals surface area contributed by atoms with Gasteiger partial charge < -0.3 is 11.1 Å². The van der Waals surface area contributed by atoms with Gasteiger partial charge >= 0.3 is 0 Å². The number of nitrogens with zero attached hydrogens (tertiary/aromatic N) is 1. The molecule has 2 rings (SSSR count). The molecule has 1 amide bonds. The van der Waals surface area contributed by atoms with E-state index in [2.05, 4.69) is 28.5 Å². The van der Waals surface area contributed by atoms with Gasteiger partial charge in [0.1, 0.15) is 0 Å². The molecular formula is C16H19N3O. The molecule has 0 aliphatic carbocycles. The van der Waals surface area contributed by atoms with E-state index in [1.54, 1.807) is 18.3 Å². The van der Waals surface area contributed by atoms with Crippen molar-refractivity contribution in [3.05, 3.63) is 58.9 Å². The fourth-order valence-corrected chi connectivity index (χ4v) is 2.18. The first kappa shape index (κ1) is 14.1. The minimum Gasteiger partial charge on any atom is -0.397 e. The molecule has 4 heteroatoms. The lowest BCUT2D eigenvalue weighted by molar-refractivity contribution is 0.0936. The van der Waals surface area contributed by atoms with E-state index in [1.165, 1.54) is 5.56 Å². The Hall–Kier alpha value is -2.36. The molecule has 104 valence electrons. The fourth-order valence-electron chi connectivity index (χ4n) is 2.18. The monoisotopic (exact) mass is 269 g/mol. The van der Waals surface area contributed by atoms with E-state index in [9.17, 15) is 4.79 Å². The number of carbonyl (C=O) groups is 1. The zero-order valence-corrected chi connectivity index (χ0v) is 12.0. The van der Waals surface area contributed by atoms with Crippen molar-refractivity contribution in [2.75, 3.05) is 5.73 Å². The standard InChI is InChI=1S/C16H19N3O/c1-10-6-7-11(2)13(9-10)12(3)19-16(20)15-14(17)5-4-8-18-15/h4-9,12H,17H2,1-3H3,(H,19,20). The van der Waals surface area contributed by atoms with Crippen molar-refractivity contribution in [1.82, 2.24) is 10.3 Å². The predicted molar refractivity (Wildman–Crippen MR) is 80.4 cm³/mol. The Morgan fingerprint density at radius 3 is 2.75 bits per heavy atom. The molecule has 0 saturated carbocycles. The van der Waals surface area contributed by atoms with Gasteiger partial charge in [0, 0.05) is 6.20 Å². The van der Waals surface area contributed by atoms with Crippen molar-refractivity contribution in [3.63, 3.8) is 0 Å². The number of pyridine rings is 1. The third-order valence-corrected chi connectivity index (χ3v) is 3.30. The predicted octanol–water partition coefficient (Wildman–Crippen LogP) is 2.77. The Balaban J connectivity index is 2.19. The van der Waals surface area contributed by atoms with Gasteiger partial charge in [-0.25, -0.2) is 4.98 Å². The Morgan fingerprint density at radius 1 is 1.30 bits per heavy atom. The maximum absolute atomic E-state index is 12.2. The van der Waals surface area contributed by atoms with Crippen molar-refractivity contribution in [2.24, 2.45) is 0 Å². The van der Waals surface area contributed by atoms with E-state index in [4.69, 9.17) is 5.73 Å². The van der Waals surface area contributed by atoms with Gasteiger partial charge in [-0.05, 0) is 44.0 Å². The first-order valence-corrected chi connectivity index (χ1v) is 6.57. The highest BCUT2D eigenvalue weighted by molar-refractivity contribution is 5.97. The Morgan fingerprint density at radius 2 is 2.05 bits per heavy atom. The van der Waals surface area contributed by atoms with Crippen LogP contribution < -0.4 is 11.1 Å². The maximum Gasteiger partial charge on any atom is 0.272 e. The molecule has 2 aromatic rings. The average molecular weight is 269 g/mol. The van der Waals surface area contributed by atoms with Crippen LogP contribution >= 0.6 is 0 Å². The Kier molecular flexibility index (Phi) is 4.03. The number of nitrogen functional groups attached to an aromatic ring is 1. The zero-order valence-electron chi connectivity index (χ0n) is 12.0. The van der Waals surface area contributed by atoms with Gasteiger partial charge in [0.2, 0.25) is 0 Å². The number of aromatic nitrogens is 1. The lowest BCUT2D eigenvalue weighted by atomic mass is 10.00. The van der Waals surface area contributed by atoms with E-state index < -0.39 is 0 Å². The molecule has 4 nitrogen and oxygen atoms in total. The van der Waals surface area contributed by atoms with E-state index in [0.717, 1.165) is 11.1 Å². The van der Waals surface area contributed by atoms with Gasteiger partial charge in [0.05, 0.1) is 11.7 Å². The molecule has 1 aromatic carbocycles. The molecule has 0 aliphatic heterocycles. The van der Waals surface area contributed by atoms with Crippen LogP contribution in [0.5, 0.6) is 0 Å². The summed E-state index contributed by atoms with van der Waals surface area (Å²) in [5.74, 6) is -0.253. The molecule has 1 atom stereocenters. The highest BCUT2D eigenvalue weighted by atomic mass is 16.1. The van der Waals surface area contributed by atoms with Crippen LogP contribution in [0.3, 0.4) is 0 Å². The number of amides is 1. The smallest absolute Gasteiger partial charge is 0.272 e. The second-order valence-electron chi connectivity index (χ2n) is 5.00. The second kappa shape index (κ2) is 5.74. The molecular weight excluding hydrogens is 250 g/mol. The van der Waals surface area contributed by atoms with Crippen LogP contribution in [0.4, 0.5) is 5.69 Å². The van der Waals surface area contributed by atoms with Crippen LogP contribution in [0.2, 0.25) is 0 Å². The SMILES string of the molecule is Cc1ccc(C)c(C(C)NC(=O)c2ncccc2N)c1. The van der Waals surface area contributed by atoms with Crippen LogP contribution in [0.25, 0.3) is 0 Å². The third kappa shape index (κ3) is 2.96. The van der Waals surface area contributed by atoms with Crippen molar-refractivity contribution in [1.29, 1.82) is 0 Å². The second-order valence-corrected chi connectivity index (χ2v) is 5.00. The molecule has 0 aliphatic rings. The largest absolute Gasteiger partial charge is 0.397 e. The summed E-state index contributed by atoms with van der Waals surface area (Å²) in [5, 5.41) is 2.94. The van der Waals surface area contributed by atoms with Crippen molar-refractivity contribution < 1.29 is 4.79 Å². The number of anilines is 1. The molecule has 0 fully saturated rings. The number of hydrogen-bond acceptors (Lipinski definition) is 3. The molecule has 0 saturated heterocycles.